The number of carbonyl (C=O) groups is 2. The van der Waals surface area contributed by atoms with Gasteiger partial charge in [-0.1, -0.05) is 63.4 Å². The third-order valence-electron chi connectivity index (χ3n) is 4.60. The van der Waals surface area contributed by atoms with Gasteiger partial charge >= 0.3 is 6.03 Å². The fourth-order valence-electron chi connectivity index (χ4n) is 3.01. The number of carbonyl (C=O) groups excluding carboxylic acids is 2. The highest BCUT2D eigenvalue weighted by atomic mass is 16.2. The molecule has 1 aromatic carbocycles. The summed E-state index contributed by atoms with van der Waals surface area (Å²) in [4.78, 5) is 27.4. The number of urea groups is 1. The molecule has 0 heterocycles. The Labute approximate surface area is 157 Å². The maximum Gasteiger partial charge on any atom is 0.340 e. The maximum absolute atomic E-state index is 12.0. The minimum absolute atomic E-state index is 0.0593. The smallest absolute Gasteiger partial charge is 0.340 e. The molecule has 2 unspecified atom stereocenters. The van der Waals surface area contributed by atoms with E-state index in [9.17, 15) is 9.59 Å². The lowest BCUT2D eigenvalue weighted by Crippen LogP contribution is -2.29. The number of rotatable bonds is 12. The largest absolute Gasteiger partial charge is 0.369 e. The van der Waals surface area contributed by atoms with Crippen LogP contribution in [0.2, 0.25) is 0 Å². The molecule has 144 valence electrons. The molecule has 26 heavy (non-hydrogen) atoms. The van der Waals surface area contributed by atoms with E-state index in [1.54, 1.807) is 6.21 Å². The molecule has 0 aliphatic carbocycles. The molecule has 1 aromatic rings. The van der Waals surface area contributed by atoms with Gasteiger partial charge in [-0.15, -0.1) is 0 Å². The van der Waals surface area contributed by atoms with Gasteiger partial charge in [0.25, 0.3) is 0 Å². The summed E-state index contributed by atoms with van der Waals surface area (Å²) in [5.74, 6) is 0.0815. The van der Waals surface area contributed by atoms with Gasteiger partial charge in [-0.25, -0.2) is 9.79 Å². The molecule has 0 spiro atoms. The molecule has 0 aliphatic rings. The van der Waals surface area contributed by atoms with Crippen LogP contribution in [-0.4, -0.2) is 24.7 Å². The first-order valence-corrected chi connectivity index (χ1v) is 9.73. The van der Waals surface area contributed by atoms with Crippen molar-refractivity contribution >= 4 is 18.2 Å². The summed E-state index contributed by atoms with van der Waals surface area (Å²) in [6.45, 7) is 4.81. The monoisotopic (exact) mass is 359 g/mol. The van der Waals surface area contributed by atoms with Crippen molar-refractivity contribution in [3.8, 4) is 0 Å². The van der Waals surface area contributed by atoms with E-state index in [0.29, 0.717) is 12.5 Å². The second-order valence-electron chi connectivity index (χ2n) is 6.83. The van der Waals surface area contributed by atoms with Crippen molar-refractivity contribution in [1.29, 1.82) is 0 Å². The fourth-order valence-corrected chi connectivity index (χ4v) is 3.01. The Balaban J connectivity index is 2.48. The number of aliphatic imine (C=N–C) groups is 1. The zero-order chi connectivity index (χ0) is 19.2. The van der Waals surface area contributed by atoms with Gasteiger partial charge in [0.15, 0.2) is 0 Å². The number of hydrogen-bond donors (Lipinski definition) is 2. The van der Waals surface area contributed by atoms with E-state index in [0.717, 1.165) is 50.5 Å². The summed E-state index contributed by atoms with van der Waals surface area (Å²) in [6, 6.07) is 9.22. The molecule has 0 fully saturated rings. The van der Waals surface area contributed by atoms with E-state index in [-0.39, 0.29) is 17.9 Å². The highest BCUT2D eigenvalue weighted by molar-refractivity contribution is 5.90. The molecule has 0 aliphatic heterocycles. The minimum atomic E-state index is -0.324. The van der Waals surface area contributed by atoms with E-state index < -0.39 is 0 Å². The molecule has 5 nitrogen and oxygen atoms in total. The Morgan fingerprint density at radius 2 is 1.81 bits per heavy atom. The van der Waals surface area contributed by atoms with Crippen LogP contribution in [0.15, 0.2) is 35.3 Å². The molecule has 1 rings (SSSR count). The molecule has 3 N–H and O–H groups in total. The number of primary amides is 1. The van der Waals surface area contributed by atoms with Crippen LogP contribution in [0.4, 0.5) is 4.79 Å². The Hall–Kier alpha value is -2.17. The molecule has 0 radical (unpaired) electrons. The van der Waals surface area contributed by atoms with Crippen LogP contribution < -0.4 is 11.1 Å². The lowest BCUT2D eigenvalue weighted by Gasteiger charge is -2.19. The topological polar surface area (TPSA) is 84.5 Å². The maximum atomic E-state index is 12.0. The normalized spacial score (nSPS) is 13.5. The molecule has 0 aromatic heterocycles. The van der Waals surface area contributed by atoms with Crippen molar-refractivity contribution in [3.05, 3.63) is 35.9 Å². The molecule has 2 atom stereocenters. The van der Waals surface area contributed by atoms with Gasteiger partial charge in [-0.3, -0.25) is 4.79 Å². The predicted octanol–water partition coefficient (Wildman–Crippen LogP) is 4.30. The number of benzene rings is 1. The molecule has 0 saturated heterocycles. The van der Waals surface area contributed by atoms with Gasteiger partial charge in [-0.2, -0.15) is 0 Å². The average molecular weight is 360 g/mol. The number of nitrogens with zero attached hydrogens (tertiary/aromatic N) is 1. The van der Waals surface area contributed by atoms with E-state index in [1.807, 2.05) is 30.3 Å². The van der Waals surface area contributed by atoms with Gasteiger partial charge in [-0.05, 0) is 37.2 Å². The molecule has 5 heteroatoms. The minimum Gasteiger partial charge on any atom is -0.369 e. The van der Waals surface area contributed by atoms with Gasteiger partial charge in [0.1, 0.15) is 0 Å². The van der Waals surface area contributed by atoms with Crippen molar-refractivity contribution in [2.24, 2.45) is 22.6 Å². The van der Waals surface area contributed by atoms with Crippen LogP contribution in [0.3, 0.4) is 0 Å². The average Bonchev–Trinajstić information content (AvgIpc) is 2.65. The van der Waals surface area contributed by atoms with Crippen LogP contribution in [0.1, 0.15) is 64.4 Å². The third-order valence-corrected chi connectivity index (χ3v) is 4.60. The SMILES string of the molecule is CCCCC(CCC(CCC)C(N)=O)CNC(=O)/N=C/c1ccccc1. The summed E-state index contributed by atoms with van der Waals surface area (Å²) < 4.78 is 0. The van der Waals surface area contributed by atoms with Crippen LogP contribution in [0.25, 0.3) is 0 Å². The van der Waals surface area contributed by atoms with Crippen molar-refractivity contribution in [2.45, 2.75) is 58.8 Å². The second-order valence-corrected chi connectivity index (χ2v) is 6.83. The van der Waals surface area contributed by atoms with Gasteiger partial charge in [0.05, 0.1) is 0 Å². The Morgan fingerprint density at radius 3 is 2.42 bits per heavy atom. The lowest BCUT2D eigenvalue weighted by molar-refractivity contribution is -0.122. The van der Waals surface area contributed by atoms with Crippen LogP contribution in [0, 0.1) is 11.8 Å². The quantitative estimate of drug-likeness (QED) is 0.545. The van der Waals surface area contributed by atoms with Gasteiger partial charge < -0.3 is 11.1 Å². The molecule has 3 amide bonds. The summed E-state index contributed by atoms with van der Waals surface area (Å²) in [6.07, 6.45) is 8.32. The van der Waals surface area contributed by atoms with E-state index in [2.05, 4.69) is 24.2 Å². The first kappa shape index (κ1) is 21.9. The number of nitrogens with two attached hydrogens (primary N) is 1. The number of unbranched alkanes of at least 4 members (excludes halogenated alkanes) is 1. The molecular formula is C21H33N3O2. The highest BCUT2D eigenvalue weighted by Gasteiger charge is 2.17. The molecule has 0 saturated carbocycles. The van der Waals surface area contributed by atoms with Crippen molar-refractivity contribution < 1.29 is 9.59 Å². The van der Waals surface area contributed by atoms with Crippen molar-refractivity contribution in [1.82, 2.24) is 5.32 Å². The van der Waals surface area contributed by atoms with Crippen LogP contribution in [-0.2, 0) is 4.79 Å². The lowest BCUT2D eigenvalue weighted by atomic mass is 9.89. The third kappa shape index (κ3) is 9.35. The molecule has 0 bridgehead atoms. The summed E-state index contributed by atoms with van der Waals surface area (Å²) in [5.41, 5.74) is 6.40. The Bertz CT molecular complexity index is 558. The summed E-state index contributed by atoms with van der Waals surface area (Å²) in [5, 5.41) is 2.89. The first-order valence-electron chi connectivity index (χ1n) is 9.73. The highest BCUT2D eigenvalue weighted by Crippen LogP contribution is 2.20. The standard InChI is InChI=1S/C21H33N3O2/c1-3-5-10-18(13-14-19(9-4-2)20(22)25)16-24-21(26)23-15-17-11-7-6-8-12-17/h6-8,11-12,15,18-19H,3-5,9-10,13-14,16H2,1-2H3,(H2,22,25)(H,24,26)/b23-15+. The van der Waals surface area contributed by atoms with E-state index in [4.69, 9.17) is 5.73 Å². The van der Waals surface area contributed by atoms with Gasteiger partial charge in [0, 0.05) is 18.7 Å². The number of nitrogens with one attached hydrogen (secondary N) is 1. The second kappa shape index (κ2) is 13.1. The first-order chi connectivity index (χ1) is 12.6. The Morgan fingerprint density at radius 1 is 1.08 bits per heavy atom. The van der Waals surface area contributed by atoms with E-state index >= 15 is 0 Å². The Kier molecular flexibility index (Phi) is 11.0. The van der Waals surface area contributed by atoms with Crippen molar-refractivity contribution in [3.63, 3.8) is 0 Å². The zero-order valence-corrected chi connectivity index (χ0v) is 16.1. The van der Waals surface area contributed by atoms with Crippen LogP contribution in [0.5, 0.6) is 0 Å². The predicted molar refractivity (Wildman–Crippen MR) is 107 cm³/mol. The summed E-state index contributed by atoms with van der Waals surface area (Å²) in [7, 11) is 0. The van der Waals surface area contributed by atoms with Gasteiger partial charge in [0.2, 0.25) is 5.91 Å². The van der Waals surface area contributed by atoms with E-state index in [1.165, 1.54) is 0 Å². The number of amides is 3. The number of hydrogen-bond acceptors (Lipinski definition) is 2. The zero-order valence-electron chi connectivity index (χ0n) is 16.1. The van der Waals surface area contributed by atoms with Crippen LogP contribution >= 0.6 is 0 Å². The van der Waals surface area contributed by atoms with Crippen molar-refractivity contribution in [2.75, 3.05) is 6.54 Å². The fraction of sp³-hybridized carbons (Fsp3) is 0.571. The summed E-state index contributed by atoms with van der Waals surface area (Å²) >= 11 is 0. The molecular weight excluding hydrogens is 326 g/mol.